The highest BCUT2D eigenvalue weighted by molar-refractivity contribution is 6.32. The van der Waals surface area contributed by atoms with Crippen molar-refractivity contribution in [3.63, 3.8) is 0 Å². The molecule has 2 aliphatic rings. The Hall–Kier alpha value is -4.99. The SMILES string of the molecule is CC(C)(C)CCN=C(N)N(C(=O)c1ccc(-c2cnn(C(F)F)c2)cc1)[C@H](COC(=O)N[C@@H]1CC12CC2)c1ccc(Cl)c(-n2ncnc2C(F)F)c1. The highest BCUT2D eigenvalue weighted by Gasteiger charge is 2.63. The van der Waals surface area contributed by atoms with E-state index in [4.69, 9.17) is 22.1 Å². The Kier molecular flexibility index (Phi) is 10.3. The molecule has 1 spiro atoms. The van der Waals surface area contributed by atoms with Crippen molar-refractivity contribution in [2.75, 3.05) is 13.2 Å². The Balaban J connectivity index is 1.38. The summed E-state index contributed by atoms with van der Waals surface area (Å²) >= 11 is 6.48. The molecule has 0 aliphatic heterocycles. The Morgan fingerprint density at radius 1 is 1.12 bits per heavy atom. The molecule has 6 rings (SSSR count). The lowest BCUT2D eigenvalue weighted by Crippen LogP contribution is -2.46. The second-order valence-corrected chi connectivity index (χ2v) is 14.6. The van der Waals surface area contributed by atoms with Gasteiger partial charge < -0.3 is 15.8 Å². The molecule has 0 saturated heterocycles. The number of nitrogens with zero attached hydrogens (tertiary/aromatic N) is 7. The third-order valence-electron chi connectivity index (χ3n) is 9.28. The average molecular weight is 744 g/mol. The molecule has 2 aliphatic carbocycles. The molecule has 2 heterocycles. The number of guanidine groups is 1. The lowest BCUT2D eigenvalue weighted by molar-refractivity contribution is 0.0566. The number of benzene rings is 2. The van der Waals surface area contributed by atoms with E-state index in [2.05, 4.69) is 25.5 Å². The van der Waals surface area contributed by atoms with Crippen LogP contribution in [0.25, 0.3) is 16.8 Å². The van der Waals surface area contributed by atoms with Gasteiger partial charge in [-0.05, 0) is 71.9 Å². The second kappa shape index (κ2) is 14.6. The Morgan fingerprint density at radius 2 is 1.85 bits per heavy atom. The van der Waals surface area contributed by atoms with Crippen molar-refractivity contribution in [3.05, 3.63) is 83.2 Å². The van der Waals surface area contributed by atoms with E-state index in [-0.39, 0.29) is 45.6 Å². The van der Waals surface area contributed by atoms with Crippen molar-refractivity contribution < 1.29 is 31.9 Å². The fraction of sp³-hybridized carbons (Fsp3) is 0.429. The van der Waals surface area contributed by atoms with E-state index in [1.54, 1.807) is 18.2 Å². The number of aromatic nitrogens is 5. The molecule has 2 saturated carbocycles. The first-order valence-corrected chi connectivity index (χ1v) is 17.0. The predicted octanol–water partition coefficient (Wildman–Crippen LogP) is 7.33. The van der Waals surface area contributed by atoms with Gasteiger partial charge in [0.2, 0.25) is 0 Å². The number of aliphatic imine (C=N–C) groups is 1. The van der Waals surface area contributed by atoms with Crippen LogP contribution in [-0.4, -0.2) is 66.6 Å². The summed E-state index contributed by atoms with van der Waals surface area (Å²) in [6.07, 6.45) is 3.34. The van der Waals surface area contributed by atoms with Gasteiger partial charge in [-0.3, -0.25) is 14.7 Å². The standard InChI is InChI=1S/C35H38ClF4N9O3/c1-34(2,3)12-13-42-32(41)48(30(50)21-6-4-20(5-7-21)23-16-44-47(17-23)31(39)40)26(18-52-33(51)46-27-15-35(27)10-11-35)22-8-9-24(36)25(14-22)49-29(28(37)38)43-19-45-49/h4-9,14,16-17,19,26-28,31H,10-13,15,18H2,1-3H3,(H2,41,42)(H,46,51)/t26-,27-/m1/s1. The minimum Gasteiger partial charge on any atom is -0.447 e. The number of rotatable bonds is 12. The molecule has 12 nitrogen and oxygen atoms in total. The topological polar surface area (TPSA) is 146 Å². The minimum atomic E-state index is -2.97. The van der Waals surface area contributed by atoms with Crippen LogP contribution in [0.2, 0.25) is 5.02 Å². The van der Waals surface area contributed by atoms with Crippen LogP contribution in [0, 0.1) is 10.8 Å². The van der Waals surface area contributed by atoms with Crippen LogP contribution in [-0.2, 0) is 4.74 Å². The van der Waals surface area contributed by atoms with Gasteiger partial charge in [0.1, 0.15) is 12.9 Å². The van der Waals surface area contributed by atoms with Gasteiger partial charge in [0.15, 0.2) is 11.8 Å². The Morgan fingerprint density at radius 3 is 2.46 bits per heavy atom. The highest BCUT2D eigenvalue weighted by Crippen LogP contribution is 2.65. The summed E-state index contributed by atoms with van der Waals surface area (Å²) in [5, 5.41) is 10.6. The van der Waals surface area contributed by atoms with E-state index < -0.39 is 43.4 Å². The first kappa shape index (κ1) is 36.8. The molecule has 0 unspecified atom stereocenters. The van der Waals surface area contributed by atoms with Gasteiger partial charge in [-0.15, -0.1) is 0 Å². The summed E-state index contributed by atoms with van der Waals surface area (Å²) in [4.78, 5) is 36.9. The summed E-state index contributed by atoms with van der Waals surface area (Å²) < 4.78 is 61.1. The van der Waals surface area contributed by atoms with Crippen molar-refractivity contribution in [2.24, 2.45) is 21.6 Å². The first-order chi connectivity index (χ1) is 24.7. The van der Waals surface area contributed by atoms with E-state index in [1.165, 1.54) is 41.6 Å². The number of carbonyl (C=O) groups is 2. The third-order valence-corrected chi connectivity index (χ3v) is 9.60. The van der Waals surface area contributed by atoms with Crippen LogP contribution in [0.4, 0.5) is 22.4 Å². The number of halogens is 5. The zero-order valence-corrected chi connectivity index (χ0v) is 29.4. The summed E-state index contributed by atoms with van der Waals surface area (Å²) in [6, 6.07) is 9.47. The van der Waals surface area contributed by atoms with Crippen LogP contribution >= 0.6 is 11.6 Å². The Labute approximate surface area is 302 Å². The smallest absolute Gasteiger partial charge is 0.407 e. The maximum absolute atomic E-state index is 14.5. The number of nitrogens with one attached hydrogen (secondary N) is 1. The number of alkyl carbamates (subject to hydrolysis) is 1. The number of ether oxygens (including phenoxy) is 1. The molecular formula is C35H38ClF4N9O3. The molecule has 2 aromatic carbocycles. The molecule has 52 heavy (non-hydrogen) atoms. The molecule has 0 bridgehead atoms. The number of nitrogens with two attached hydrogens (primary N) is 1. The fourth-order valence-electron chi connectivity index (χ4n) is 5.93. The predicted molar refractivity (Wildman–Crippen MR) is 184 cm³/mol. The molecule has 4 aromatic rings. The van der Waals surface area contributed by atoms with Gasteiger partial charge in [0, 0.05) is 29.9 Å². The molecular weight excluding hydrogens is 706 g/mol. The van der Waals surface area contributed by atoms with Crippen LogP contribution in [0.5, 0.6) is 0 Å². The first-order valence-electron chi connectivity index (χ1n) is 16.6. The molecule has 3 N–H and O–H groups in total. The van der Waals surface area contributed by atoms with Gasteiger partial charge in [-0.1, -0.05) is 50.6 Å². The summed E-state index contributed by atoms with van der Waals surface area (Å²) in [5.41, 5.74) is 8.08. The van der Waals surface area contributed by atoms with E-state index in [1.807, 2.05) is 20.8 Å². The van der Waals surface area contributed by atoms with E-state index >= 15 is 0 Å². The van der Waals surface area contributed by atoms with Crippen molar-refractivity contribution >= 4 is 29.6 Å². The Bertz CT molecular complexity index is 1950. The monoisotopic (exact) mass is 743 g/mol. The maximum atomic E-state index is 14.5. The molecule has 276 valence electrons. The number of hydrogen-bond acceptors (Lipinski definition) is 7. The average Bonchev–Trinajstić information content (AvgIpc) is 3.81. The van der Waals surface area contributed by atoms with Crippen LogP contribution in [0.1, 0.15) is 87.2 Å². The van der Waals surface area contributed by atoms with Crippen molar-refractivity contribution in [1.82, 2.24) is 34.8 Å². The van der Waals surface area contributed by atoms with Crippen molar-refractivity contribution in [3.8, 4) is 16.8 Å². The van der Waals surface area contributed by atoms with Gasteiger partial charge in [0.05, 0.1) is 22.9 Å². The summed E-state index contributed by atoms with van der Waals surface area (Å²) in [6.45, 7) is 3.13. The lowest BCUT2D eigenvalue weighted by atomic mass is 9.92. The fourth-order valence-corrected chi connectivity index (χ4v) is 6.13. The van der Waals surface area contributed by atoms with Gasteiger partial charge in [0.25, 0.3) is 12.3 Å². The molecule has 17 heteroatoms. The van der Waals surface area contributed by atoms with E-state index in [9.17, 15) is 27.2 Å². The van der Waals surface area contributed by atoms with Crippen LogP contribution < -0.4 is 11.1 Å². The van der Waals surface area contributed by atoms with Gasteiger partial charge in [-0.2, -0.15) is 19.0 Å². The summed E-state index contributed by atoms with van der Waals surface area (Å²) in [7, 11) is 0. The molecule has 2 aromatic heterocycles. The summed E-state index contributed by atoms with van der Waals surface area (Å²) in [5.74, 6) is -1.47. The largest absolute Gasteiger partial charge is 0.447 e. The minimum absolute atomic E-state index is 0.00810. The van der Waals surface area contributed by atoms with Crippen LogP contribution in [0.15, 0.2) is 66.2 Å². The van der Waals surface area contributed by atoms with Gasteiger partial charge >= 0.3 is 12.6 Å². The number of hydrogen-bond donors (Lipinski definition) is 2. The van der Waals surface area contributed by atoms with Gasteiger partial charge in [-0.25, -0.2) is 27.9 Å². The molecule has 2 fully saturated rings. The van der Waals surface area contributed by atoms with Crippen molar-refractivity contribution in [1.29, 1.82) is 0 Å². The zero-order chi connectivity index (χ0) is 37.4. The van der Waals surface area contributed by atoms with E-state index in [0.29, 0.717) is 27.8 Å². The third kappa shape index (κ3) is 8.22. The molecule has 0 radical (unpaired) electrons. The van der Waals surface area contributed by atoms with Crippen LogP contribution in [0.3, 0.4) is 0 Å². The maximum Gasteiger partial charge on any atom is 0.407 e. The number of carbonyl (C=O) groups excluding carboxylic acids is 2. The lowest BCUT2D eigenvalue weighted by Gasteiger charge is -2.32. The zero-order valence-electron chi connectivity index (χ0n) is 28.6. The molecule has 2 amide bonds. The highest BCUT2D eigenvalue weighted by atomic mass is 35.5. The van der Waals surface area contributed by atoms with Crippen molar-refractivity contribution in [2.45, 2.75) is 71.5 Å². The quantitative estimate of drug-likeness (QED) is 0.0878. The van der Waals surface area contributed by atoms with E-state index in [0.717, 1.165) is 30.3 Å². The molecule has 2 atom stereocenters. The number of alkyl halides is 4. The number of amides is 2. The normalized spacial score (nSPS) is 17.0. The second-order valence-electron chi connectivity index (χ2n) is 14.2.